The van der Waals surface area contributed by atoms with Gasteiger partial charge in [-0.15, -0.1) is 11.3 Å². The number of carbonyl (C=O) groups is 2. The Balaban J connectivity index is 2.47. The SMILES string of the molecule is CCOC(=O)c1c(N)sc2c1CCN(C(C)C)/C=C(/C(=O)OC)C2. The second-order valence-electron chi connectivity index (χ2n) is 5.87. The van der Waals surface area contributed by atoms with Crippen LogP contribution in [0.25, 0.3) is 0 Å². The average Bonchev–Trinajstić information content (AvgIpc) is 2.81. The number of fused-ring (bicyclic) bond motifs is 1. The summed E-state index contributed by atoms with van der Waals surface area (Å²) in [4.78, 5) is 27.4. The Morgan fingerprint density at radius 1 is 1.38 bits per heavy atom. The van der Waals surface area contributed by atoms with Crippen molar-refractivity contribution in [2.24, 2.45) is 0 Å². The lowest BCUT2D eigenvalue weighted by atomic mass is 10.00. The van der Waals surface area contributed by atoms with E-state index >= 15 is 0 Å². The van der Waals surface area contributed by atoms with E-state index in [1.54, 1.807) is 6.92 Å². The lowest BCUT2D eigenvalue weighted by molar-refractivity contribution is -0.136. The summed E-state index contributed by atoms with van der Waals surface area (Å²) < 4.78 is 10.0. The third-order valence-electron chi connectivity index (χ3n) is 4.00. The number of rotatable bonds is 4. The van der Waals surface area contributed by atoms with E-state index in [1.807, 2.05) is 6.20 Å². The molecular weight excluding hydrogens is 328 g/mol. The Hall–Kier alpha value is -2.02. The van der Waals surface area contributed by atoms with E-state index in [0.717, 1.165) is 10.4 Å². The molecule has 2 rings (SSSR count). The van der Waals surface area contributed by atoms with Crippen LogP contribution in [0.4, 0.5) is 5.00 Å². The lowest BCUT2D eigenvalue weighted by Crippen LogP contribution is -2.31. The van der Waals surface area contributed by atoms with Crippen molar-refractivity contribution in [1.29, 1.82) is 0 Å². The molecule has 1 aliphatic rings. The summed E-state index contributed by atoms with van der Waals surface area (Å²) in [6, 6.07) is 0.230. The van der Waals surface area contributed by atoms with Gasteiger partial charge in [-0.1, -0.05) is 0 Å². The fourth-order valence-corrected chi connectivity index (χ4v) is 3.88. The fraction of sp³-hybridized carbons (Fsp3) is 0.529. The van der Waals surface area contributed by atoms with Crippen LogP contribution in [0.5, 0.6) is 0 Å². The maximum absolute atomic E-state index is 12.3. The van der Waals surface area contributed by atoms with Crippen LogP contribution in [-0.2, 0) is 27.1 Å². The zero-order chi connectivity index (χ0) is 17.9. The highest BCUT2D eigenvalue weighted by atomic mass is 32.1. The molecule has 0 fully saturated rings. The first-order valence-corrected chi connectivity index (χ1v) is 8.82. The molecule has 0 saturated heterocycles. The molecule has 0 atom stereocenters. The number of nitrogens with two attached hydrogens (primary N) is 1. The molecule has 0 spiro atoms. The molecule has 1 aromatic heterocycles. The van der Waals surface area contributed by atoms with Crippen molar-refractivity contribution < 1.29 is 19.1 Å². The normalized spacial score (nSPS) is 16.7. The van der Waals surface area contributed by atoms with Crippen LogP contribution >= 0.6 is 11.3 Å². The molecule has 24 heavy (non-hydrogen) atoms. The third kappa shape index (κ3) is 3.72. The quantitative estimate of drug-likeness (QED) is 0.838. The number of methoxy groups -OCH3 is 1. The number of nitrogen functional groups attached to an aromatic ring is 1. The van der Waals surface area contributed by atoms with E-state index in [4.69, 9.17) is 15.2 Å². The summed E-state index contributed by atoms with van der Waals surface area (Å²) >= 11 is 1.34. The average molecular weight is 352 g/mol. The van der Waals surface area contributed by atoms with Gasteiger partial charge in [0.05, 0.1) is 24.9 Å². The van der Waals surface area contributed by atoms with Crippen LogP contribution in [0.3, 0.4) is 0 Å². The van der Waals surface area contributed by atoms with Gasteiger partial charge in [-0.05, 0) is 32.8 Å². The van der Waals surface area contributed by atoms with E-state index in [2.05, 4.69) is 18.7 Å². The van der Waals surface area contributed by atoms with Gasteiger partial charge in [0.1, 0.15) is 5.00 Å². The van der Waals surface area contributed by atoms with Crippen molar-refractivity contribution in [2.45, 2.75) is 39.7 Å². The summed E-state index contributed by atoms with van der Waals surface area (Å²) in [5.74, 6) is -0.758. The largest absolute Gasteiger partial charge is 0.466 e. The van der Waals surface area contributed by atoms with Gasteiger partial charge in [0, 0.05) is 30.1 Å². The summed E-state index contributed by atoms with van der Waals surface area (Å²) in [5.41, 5.74) is 7.97. The van der Waals surface area contributed by atoms with Gasteiger partial charge in [0.2, 0.25) is 0 Å². The third-order valence-corrected chi connectivity index (χ3v) is 5.06. The van der Waals surface area contributed by atoms with E-state index in [0.29, 0.717) is 42.1 Å². The molecule has 0 bridgehead atoms. The number of ether oxygens (including phenoxy) is 2. The van der Waals surface area contributed by atoms with Crippen LogP contribution in [0.2, 0.25) is 0 Å². The molecule has 6 nitrogen and oxygen atoms in total. The predicted octanol–water partition coefficient (Wildman–Crippen LogP) is 2.37. The maximum Gasteiger partial charge on any atom is 0.341 e. The molecule has 1 aliphatic heterocycles. The number of anilines is 1. The number of hydrogen-bond donors (Lipinski definition) is 1. The van der Waals surface area contributed by atoms with Crippen molar-refractivity contribution in [3.8, 4) is 0 Å². The maximum atomic E-state index is 12.3. The zero-order valence-corrected chi connectivity index (χ0v) is 15.4. The van der Waals surface area contributed by atoms with E-state index in [-0.39, 0.29) is 12.0 Å². The van der Waals surface area contributed by atoms with Gasteiger partial charge < -0.3 is 20.1 Å². The number of hydrogen-bond acceptors (Lipinski definition) is 7. The Morgan fingerprint density at radius 3 is 2.67 bits per heavy atom. The van der Waals surface area contributed by atoms with Gasteiger partial charge in [0.15, 0.2) is 0 Å². The lowest BCUT2D eigenvalue weighted by Gasteiger charge is -2.28. The van der Waals surface area contributed by atoms with Gasteiger partial charge in [-0.2, -0.15) is 0 Å². The topological polar surface area (TPSA) is 81.9 Å². The molecule has 0 amide bonds. The summed E-state index contributed by atoms with van der Waals surface area (Å²) in [7, 11) is 1.37. The molecular formula is C17H24N2O4S. The Kier molecular flexibility index (Phi) is 5.88. The van der Waals surface area contributed by atoms with Gasteiger partial charge >= 0.3 is 11.9 Å². The first-order chi connectivity index (χ1) is 11.4. The Morgan fingerprint density at radius 2 is 2.08 bits per heavy atom. The molecule has 132 valence electrons. The second kappa shape index (κ2) is 7.70. The number of esters is 2. The molecule has 0 saturated carbocycles. The summed E-state index contributed by atoms with van der Waals surface area (Å²) in [5, 5.41) is 0.445. The van der Waals surface area contributed by atoms with E-state index in [1.165, 1.54) is 18.4 Å². The van der Waals surface area contributed by atoms with Gasteiger partial charge in [0.25, 0.3) is 0 Å². The Bertz CT molecular complexity index is 664. The van der Waals surface area contributed by atoms with Crippen molar-refractivity contribution >= 4 is 28.3 Å². The highest BCUT2D eigenvalue weighted by molar-refractivity contribution is 7.16. The predicted molar refractivity (Wildman–Crippen MR) is 94.0 cm³/mol. The van der Waals surface area contributed by atoms with Crippen molar-refractivity contribution in [1.82, 2.24) is 4.90 Å². The highest BCUT2D eigenvalue weighted by Gasteiger charge is 2.27. The zero-order valence-electron chi connectivity index (χ0n) is 14.5. The van der Waals surface area contributed by atoms with Crippen molar-refractivity contribution in [3.63, 3.8) is 0 Å². The van der Waals surface area contributed by atoms with Crippen LogP contribution in [0, 0.1) is 0 Å². The van der Waals surface area contributed by atoms with Gasteiger partial charge in [-0.3, -0.25) is 0 Å². The van der Waals surface area contributed by atoms with E-state index < -0.39 is 5.97 Å². The first kappa shape index (κ1) is 18.3. The van der Waals surface area contributed by atoms with E-state index in [9.17, 15) is 9.59 Å². The standard InChI is InChI=1S/C17H24N2O4S/c1-5-23-17(21)14-12-6-7-19(10(2)3)9-11(16(20)22-4)8-13(12)24-15(14)18/h9-10H,5-8,18H2,1-4H3/b11-9+. The molecule has 7 heteroatoms. The fourth-order valence-electron chi connectivity index (χ4n) is 2.76. The molecule has 0 unspecified atom stereocenters. The monoisotopic (exact) mass is 352 g/mol. The number of carbonyl (C=O) groups excluding carboxylic acids is 2. The van der Waals surface area contributed by atoms with Gasteiger partial charge in [-0.25, -0.2) is 9.59 Å². The highest BCUT2D eigenvalue weighted by Crippen LogP contribution is 2.35. The summed E-state index contributed by atoms with van der Waals surface area (Å²) in [6.07, 6.45) is 2.94. The molecule has 1 aromatic rings. The summed E-state index contributed by atoms with van der Waals surface area (Å²) in [6.45, 7) is 6.87. The van der Waals surface area contributed by atoms with Crippen LogP contribution in [-0.4, -0.2) is 43.1 Å². The minimum atomic E-state index is -0.396. The van der Waals surface area contributed by atoms with Crippen molar-refractivity contribution in [2.75, 3.05) is 26.0 Å². The Labute approximate surface area is 146 Å². The minimum Gasteiger partial charge on any atom is -0.466 e. The first-order valence-electron chi connectivity index (χ1n) is 8.00. The number of thiophene rings is 1. The smallest absolute Gasteiger partial charge is 0.341 e. The van der Waals surface area contributed by atoms with Crippen LogP contribution < -0.4 is 5.73 Å². The molecule has 2 heterocycles. The molecule has 0 radical (unpaired) electrons. The van der Waals surface area contributed by atoms with Crippen molar-refractivity contribution in [3.05, 3.63) is 27.8 Å². The van der Waals surface area contributed by atoms with Crippen LogP contribution in [0.15, 0.2) is 11.8 Å². The molecule has 0 aliphatic carbocycles. The minimum absolute atomic E-state index is 0.230. The molecule has 2 N–H and O–H groups in total. The molecule has 0 aromatic carbocycles. The van der Waals surface area contributed by atoms with Crippen LogP contribution in [0.1, 0.15) is 41.6 Å². The second-order valence-corrected chi connectivity index (χ2v) is 7.00. The number of nitrogens with zero attached hydrogens (tertiary/aromatic N) is 1.